The molecule has 0 N–H and O–H groups in total. The molecule has 2 aromatic rings. The minimum atomic E-state index is -0.613. The van der Waals surface area contributed by atoms with Gasteiger partial charge in [-0.05, 0) is 43.3 Å². The number of carbonyl (C=O) groups is 3. The molecule has 29 heavy (non-hydrogen) atoms. The van der Waals surface area contributed by atoms with Gasteiger partial charge in [-0.25, -0.2) is 0 Å². The number of imide groups is 1. The lowest BCUT2D eigenvalue weighted by Gasteiger charge is -2.11. The van der Waals surface area contributed by atoms with Crippen LogP contribution in [-0.2, 0) is 20.9 Å². The lowest BCUT2D eigenvalue weighted by atomic mass is 10.1. The smallest absolute Gasteiger partial charge is 0.326 e. The number of thioether (sulfide) groups is 1. The quantitative estimate of drug-likeness (QED) is 0.503. The van der Waals surface area contributed by atoms with Crippen molar-refractivity contribution in [1.29, 1.82) is 0 Å². The Bertz CT molecular complexity index is 952. The Hall–Kier alpha value is -3.06. The third kappa shape index (κ3) is 5.26. The van der Waals surface area contributed by atoms with Gasteiger partial charge in [0, 0.05) is 5.56 Å². The van der Waals surface area contributed by atoms with Crippen molar-refractivity contribution in [2.75, 3.05) is 13.2 Å². The molecule has 1 fully saturated rings. The van der Waals surface area contributed by atoms with Gasteiger partial charge in [-0.15, -0.1) is 0 Å². The maximum Gasteiger partial charge on any atom is 0.326 e. The summed E-state index contributed by atoms with van der Waals surface area (Å²) in [6, 6.07) is 15.3. The number of hydrogen-bond donors (Lipinski definition) is 0. The molecule has 0 atom stereocenters. The largest absolute Gasteiger partial charge is 0.488 e. The summed E-state index contributed by atoms with van der Waals surface area (Å²) in [7, 11) is 0. The van der Waals surface area contributed by atoms with E-state index in [1.807, 2.05) is 55.5 Å². The second-order valence-electron chi connectivity index (χ2n) is 6.38. The highest BCUT2D eigenvalue weighted by atomic mass is 32.2. The molecule has 1 aliphatic rings. The van der Waals surface area contributed by atoms with Gasteiger partial charge >= 0.3 is 5.97 Å². The minimum absolute atomic E-state index is 0.191. The highest BCUT2D eigenvalue weighted by molar-refractivity contribution is 8.18. The fraction of sp³-hybridized carbons (Fsp3) is 0.227. The van der Waals surface area contributed by atoms with Crippen molar-refractivity contribution >= 4 is 35.0 Å². The predicted molar refractivity (Wildman–Crippen MR) is 111 cm³/mol. The van der Waals surface area contributed by atoms with Gasteiger partial charge in [0.25, 0.3) is 11.1 Å². The van der Waals surface area contributed by atoms with Crippen LogP contribution in [0.4, 0.5) is 4.79 Å². The maximum atomic E-state index is 12.5. The van der Waals surface area contributed by atoms with E-state index in [9.17, 15) is 14.4 Å². The topological polar surface area (TPSA) is 72.9 Å². The molecule has 0 aromatic heterocycles. The van der Waals surface area contributed by atoms with Crippen LogP contribution in [0, 0.1) is 6.92 Å². The van der Waals surface area contributed by atoms with Gasteiger partial charge in [-0.2, -0.15) is 0 Å². The average molecular weight is 411 g/mol. The molecular weight excluding hydrogens is 390 g/mol. The van der Waals surface area contributed by atoms with Gasteiger partial charge in [0.2, 0.25) is 0 Å². The van der Waals surface area contributed by atoms with Gasteiger partial charge in [-0.3, -0.25) is 19.3 Å². The summed E-state index contributed by atoms with van der Waals surface area (Å²) >= 11 is 0.797. The van der Waals surface area contributed by atoms with Gasteiger partial charge in [0.05, 0.1) is 11.5 Å². The average Bonchev–Trinajstić information content (AvgIpc) is 2.96. The van der Waals surface area contributed by atoms with E-state index in [0.29, 0.717) is 17.9 Å². The molecule has 3 rings (SSSR count). The van der Waals surface area contributed by atoms with E-state index in [1.165, 1.54) is 5.56 Å². The van der Waals surface area contributed by atoms with Crippen molar-refractivity contribution in [3.63, 3.8) is 0 Å². The predicted octanol–water partition coefficient (Wildman–Crippen LogP) is 4.17. The second-order valence-corrected chi connectivity index (χ2v) is 7.38. The summed E-state index contributed by atoms with van der Waals surface area (Å²) in [5.41, 5.74) is 2.88. The fourth-order valence-corrected chi connectivity index (χ4v) is 3.52. The molecule has 1 saturated heterocycles. The number of esters is 1. The number of rotatable bonds is 7. The highest BCUT2D eigenvalue weighted by Gasteiger charge is 2.36. The van der Waals surface area contributed by atoms with Crippen LogP contribution in [0.2, 0.25) is 0 Å². The molecule has 150 valence electrons. The normalized spacial score (nSPS) is 15.1. The fourth-order valence-electron chi connectivity index (χ4n) is 2.69. The van der Waals surface area contributed by atoms with E-state index in [4.69, 9.17) is 9.47 Å². The van der Waals surface area contributed by atoms with Gasteiger partial charge in [0.1, 0.15) is 18.9 Å². The molecule has 2 aromatic carbocycles. The van der Waals surface area contributed by atoms with Crippen LogP contribution in [0.5, 0.6) is 5.75 Å². The zero-order chi connectivity index (χ0) is 20.8. The molecule has 0 saturated carbocycles. The van der Waals surface area contributed by atoms with Gasteiger partial charge < -0.3 is 9.47 Å². The molecule has 0 radical (unpaired) electrons. The van der Waals surface area contributed by atoms with Crippen molar-refractivity contribution in [1.82, 2.24) is 4.90 Å². The summed E-state index contributed by atoms with van der Waals surface area (Å²) in [5, 5.41) is -0.493. The number of amides is 2. The standard InChI is InChI=1S/C22H21NO5S/c1-3-27-20(24)13-23-21(25)19(29-22(23)26)12-17-6-4-5-7-18(17)28-14-16-10-8-15(2)9-11-16/h4-12H,3,13-14H2,1-2H3. The maximum absolute atomic E-state index is 12.5. The Morgan fingerprint density at radius 2 is 1.83 bits per heavy atom. The first-order valence-electron chi connectivity index (χ1n) is 9.16. The zero-order valence-corrected chi connectivity index (χ0v) is 17.0. The first-order chi connectivity index (χ1) is 14.0. The van der Waals surface area contributed by atoms with Crippen LogP contribution in [-0.4, -0.2) is 35.2 Å². The lowest BCUT2D eigenvalue weighted by Crippen LogP contribution is -2.34. The van der Waals surface area contributed by atoms with Crippen molar-refractivity contribution in [3.8, 4) is 5.75 Å². The monoisotopic (exact) mass is 411 g/mol. The first kappa shape index (κ1) is 20.7. The molecule has 7 heteroatoms. The van der Waals surface area contributed by atoms with Crippen molar-refractivity contribution in [2.45, 2.75) is 20.5 Å². The van der Waals surface area contributed by atoms with Gasteiger partial charge in [-0.1, -0.05) is 48.0 Å². The zero-order valence-electron chi connectivity index (χ0n) is 16.2. The van der Waals surface area contributed by atoms with Crippen LogP contribution < -0.4 is 4.74 Å². The number of nitrogens with zero attached hydrogens (tertiary/aromatic N) is 1. The molecule has 0 aliphatic carbocycles. The first-order valence-corrected chi connectivity index (χ1v) is 9.98. The molecule has 2 amide bonds. The van der Waals surface area contributed by atoms with Crippen LogP contribution in [0.25, 0.3) is 6.08 Å². The third-order valence-electron chi connectivity index (χ3n) is 4.19. The van der Waals surface area contributed by atoms with Crippen LogP contribution in [0.1, 0.15) is 23.6 Å². The number of benzene rings is 2. The Morgan fingerprint density at radius 3 is 2.55 bits per heavy atom. The Labute approximate surface area is 173 Å². The van der Waals surface area contributed by atoms with E-state index >= 15 is 0 Å². The molecule has 1 aliphatic heterocycles. The summed E-state index contributed by atoms with van der Waals surface area (Å²) in [4.78, 5) is 37.5. The Balaban J connectivity index is 1.74. The number of para-hydroxylation sites is 1. The lowest BCUT2D eigenvalue weighted by molar-refractivity contribution is -0.145. The van der Waals surface area contributed by atoms with E-state index in [2.05, 4.69) is 0 Å². The van der Waals surface area contributed by atoms with Crippen LogP contribution in [0.15, 0.2) is 53.4 Å². The van der Waals surface area contributed by atoms with E-state index < -0.39 is 17.1 Å². The minimum Gasteiger partial charge on any atom is -0.488 e. The highest BCUT2D eigenvalue weighted by Crippen LogP contribution is 2.34. The second kappa shape index (κ2) is 9.43. The number of ether oxygens (including phenoxy) is 2. The van der Waals surface area contributed by atoms with E-state index in [1.54, 1.807) is 13.0 Å². The summed E-state index contributed by atoms with van der Waals surface area (Å²) < 4.78 is 10.7. The summed E-state index contributed by atoms with van der Waals surface area (Å²) in [6.07, 6.45) is 1.61. The SMILES string of the molecule is CCOC(=O)CN1C(=O)SC(=Cc2ccccc2OCc2ccc(C)cc2)C1=O. The number of carbonyl (C=O) groups excluding carboxylic acids is 3. The molecule has 0 unspecified atom stereocenters. The van der Waals surface area contributed by atoms with Gasteiger partial charge in [0.15, 0.2) is 0 Å². The van der Waals surface area contributed by atoms with Crippen molar-refractivity contribution in [2.24, 2.45) is 0 Å². The molecule has 0 bridgehead atoms. The molecule has 0 spiro atoms. The molecule has 1 heterocycles. The molecular formula is C22H21NO5S. The van der Waals surface area contributed by atoms with Crippen LogP contribution >= 0.6 is 11.8 Å². The van der Waals surface area contributed by atoms with Crippen LogP contribution in [0.3, 0.4) is 0 Å². The number of hydrogen-bond acceptors (Lipinski definition) is 6. The summed E-state index contributed by atoms with van der Waals surface area (Å²) in [5.74, 6) is -0.524. The van der Waals surface area contributed by atoms with Crippen molar-refractivity contribution < 1.29 is 23.9 Å². The molecule has 6 nitrogen and oxygen atoms in total. The van der Waals surface area contributed by atoms with Crippen molar-refractivity contribution in [3.05, 3.63) is 70.1 Å². The Kier molecular flexibility index (Phi) is 6.72. The third-order valence-corrected chi connectivity index (χ3v) is 5.09. The van der Waals surface area contributed by atoms with E-state index in [-0.39, 0.29) is 18.1 Å². The summed E-state index contributed by atoms with van der Waals surface area (Å²) in [6.45, 7) is 3.88. The number of aryl methyl sites for hydroxylation is 1. The Morgan fingerprint density at radius 1 is 1.10 bits per heavy atom. The van der Waals surface area contributed by atoms with E-state index in [0.717, 1.165) is 22.2 Å².